The SMILES string of the molecule is COc1ccc(-c2cc(C(=O)N/N=C\c3cccnc3)[nH]n2)cc1OC. The molecule has 1 aromatic carbocycles. The van der Waals surface area contributed by atoms with Crippen molar-refractivity contribution >= 4 is 12.1 Å². The Morgan fingerprint density at radius 2 is 2.04 bits per heavy atom. The maximum atomic E-state index is 12.1. The summed E-state index contributed by atoms with van der Waals surface area (Å²) in [6.07, 6.45) is 4.81. The Kier molecular flexibility index (Phi) is 5.23. The van der Waals surface area contributed by atoms with Gasteiger partial charge in [0.2, 0.25) is 0 Å². The summed E-state index contributed by atoms with van der Waals surface area (Å²) >= 11 is 0. The average Bonchev–Trinajstić information content (AvgIpc) is 3.18. The standard InChI is InChI=1S/C18H17N5O3/c1-25-16-6-5-13(8-17(16)26-2)14-9-15(22-21-14)18(24)23-20-11-12-4-3-7-19-10-12/h3-11H,1-2H3,(H,21,22)(H,23,24)/b20-11-. The molecule has 132 valence electrons. The Balaban J connectivity index is 1.71. The lowest BCUT2D eigenvalue weighted by molar-refractivity contribution is 0.0950. The van der Waals surface area contributed by atoms with Gasteiger partial charge in [0.1, 0.15) is 5.69 Å². The van der Waals surface area contributed by atoms with Crippen molar-refractivity contribution in [3.63, 3.8) is 0 Å². The highest BCUT2D eigenvalue weighted by Crippen LogP contribution is 2.31. The van der Waals surface area contributed by atoms with Crippen LogP contribution in [0.15, 0.2) is 53.9 Å². The van der Waals surface area contributed by atoms with Crippen LogP contribution in [-0.4, -0.2) is 41.5 Å². The molecule has 3 aromatic rings. The van der Waals surface area contributed by atoms with E-state index in [1.54, 1.807) is 50.9 Å². The number of hydrogen-bond donors (Lipinski definition) is 2. The number of nitrogens with zero attached hydrogens (tertiary/aromatic N) is 3. The van der Waals surface area contributed by atoms with Gasteiger partial charge in [0.25, 0.3) is 5.91 Å². The predicted molar refractivity (Wildman–Crippen MR) is 96.4 cm³/mol. The number of carbonyl (C=O) groups is 1. The highest BCUT2D eigenvalue weighted by molar-refractivity contribution is 5.94. The van der Waals surface area contributed by atoms with Crippen LogP contribution in [-0.2, 0) is 0 Å². The number of carbonyl (C=O) groups excluding carboxylic acids is 1. The van der Waals surface area contributed by atoms with Gasteiger partial charge in [0.05, 0.1) is 26.1 Å². The molecule has 0 spiro atoms. The van der Waals surface area contributed by atoms with Crippen molar-refractivity contribution in [1.82, 2.24) is 20.6 Å². The van der Waals surface area contributed by atoms with Crippen LogP contribution in [0.2, 0.25) is 0 Å². The summed E-state index contributed by atoms with van der Waals surface area (Å²) < 4.78 is 10.5. The molecule has 1 amide bonds. The van der Waals surface area contributed by atoms with Crippen LogP contribution < -0.4 is 14.9 Å². The number of methoxy groups -OCH3 is 2. The van der Waals surface area contributed by atoms with Crippen LogP contribution in [0.25, 0.3) is 11.3 Å². The average molecular weight is 351 g/mol. The Bertz CT molecular complexity index is 922. The Morgan fingerprint density at radius 1 is 1.19 bits per heavy atom. The van der Waals surface area contributed by atoms with E-state index in [0.717, 1.165) is 11.1 Å². The number of ether oxygens (including phenoxy) is 2. The van der Waals surface area contributed by atoms with E-state index in [1.165, 1.54) is 6.21 Å². The Hall–Kier alpha value is -3.68. The third-order valence-corrected chi connectivity index (χ3v) is 3.57. The van der Waals surface area contributed by atoms with E-state index in [0.29, 0.717) is 17.2 Å². The first-order valence-electron chi connectivity index (χ1n) is 7.72. The van der Waals surface area contributed by atoms with Gasteiger partial charge in [0.15, 0.2) is 11.5 Å². The molecule has 3 rings (SSSR count). The van der Waals surface area contributed by atoms with Crippen molar-refractivity contribution in [2.75, 3.05) is 14.2 Å². The summed E-state index contributed by atoms with van der Waals surface area (Å²) in [5.41, 5.74) is 4.90. The fraction of sp³-hybridized carbons (Fsp3) is 0.111. The molecule has 0 atom stereocenters. The van der Waals surface area contributed by atoms with E-state index in [1.807, 2.05) is 12.1 Å². The molecule has 0 saturated carbocycles. The first kappa shape index (κ1) is 17.2. The Labute approximate surface area is 149 Å². The van der Waals surface area contributed by atoms with Gasteiger partial charge in [-0.15, -0.1) is 0 Å². The molecule has 0 aliphatic rings. The molecule has 26 heavy (non-hydrogen) atoms. The molecule has 2 aromatic heterocycles. The van der Waals surface area contributed by atoms with Gasteiger partial charge >= 0.3 is 0 Å². The minimum atomic E-state index is -0.399. The normalized spacial score (nSPS) is 10.7. The van der Waals surface area contributed by atoms with E-state index in [9.17, 15) is 4.79 Å². The van der Waals surface area contributed by atoms with Crippen molar-refractivity contribution in [1.29, 1.82) is 0 Å². The van der Waals surface area contributed by atoms with E-state index in [-0.39, 0.29) is 5.69 Å². The minimum Gasteiger partial charge on any atom is -0.493 e. The number of aromatic amines is 1. The maximum Gasteiger partial charge on any atom is 0.289 e. The lowest BCUT2D eigenvalue weighted by Gasteiger charge is -2.08. The molecule has 8 nitrogen and oxygen atoms in total. The monoisotopic (exact) mass is 351 g/mol. The molecule has 0 aliphatic heterocycles. The molecule has 0 fully saturated rings. The number of H-pyrrole nitrogens is 1. The quantitative estimate of drug-likeness (QED) is 0.524. The minimum absolute atomic E-state index is 0.290. The van der Waals surface area contributed by atoms with Gasteiger partial charge < -0.3 is 9.47 Å². The highest BCUT2D eigenvalue weighted by atomic mass is 16.5. The van der Waals surface area contributed by atoms with Crippen LogP contribution in [0.5, 0.6) is 11.5 Å². The number of aromatic nitrogens is 3. The fourth-order valence-corrected chi connectivity index (χ4v) is 2.26. The number of hydrogen-bond acceptors (Lipinski definition) is 6. The topological polar surface area (TPSA) is 101 Å². The van der Waals surface area contributed by atoms with Crippen molar-refractivity contribution in [2.45, 2.75) is 0 Å². The zero-order valence-electron chi connectivity index (χ0n) is 14.3. The van der Waals surface area contributed by atoms with Crippen LogP contribution >= 0.6 is 0 Å². The van der Waals surface area contributed by atoms with Gasteiger partial charge in [-0.25, -0.2) is 5.43 Å². The first-order valence-corrected chi connectivity index (χ1v) is 7.72. The lowest BCUT2D eigenvalue weighted by atomic mass is 10.1. The lowest BCUT2D eigenvalue weighted by Crippen LogP contribution is -2.18. The van der Waals surface area contributed by atoms with Crippen LogP contribution in [0.1, 0.15) is 16.1 Å². The summed E-state index contributed by atoms with van der Waals surface area (Å²) in [5.74, 6) is 0.805. The summed E-state index contributed by atoms with van der Waals surface area (Å²) in [6, 6.07) is 10.6. The smallest absolute Gasteiger partial charge is 0.289 e. The molecule has 0 bridgehead atoms. The van der Waals surface area contributed by atoms with Gasteiger partial charge in [-0.3, -0.25) is 14.9 Å². The third-order valence-electron chi connectivity index (χ3n) is 3.57. The zero-order valence-corrected chi connectivity index (χ0v) is 14.3. The molecule has 0 aliphatic carbocycles. The summed E-state index contributed by atoms with van der Waals surface area (Å²) in [7, 11) is 3.13. The van der Waals surface area contributed by atoms with Crippen LogP contribution in [0.3, 0.4) is 0 Å². The fourth-order valence-electron chi connectivity index (χ4n) is 2.26. The molecule has 0 radical (unpaired) electrons. The van der Waals surface area contributed by atoms with E-state index < -0.39 is 5.91 Å². The number of rotatable bonds is 6. The highest BCUT2D eigenvalue weighted by Gasteiger charge is 2.12. The molecule has 2 N–H and O–H groups in total. The van der Waals surface area contributed by atoms with Crippen molar-refractivity contribution in [3.05, 3.63) is 60.0 Å². The molecular formula is C18H17N5O3. The number of hydrazone groups is 1. The molecule has 0 saturated heterocycles. The van der Waals surface area contributed by atoms with Gasteiger partial charge in [-0.05, 0) is 30.3 Å². The Morgan fingerprint density at radius 3 is 2.77 bits per heavy atom. The predicted octanol–water partition coefficient (Wildman–Crippen LogP) is 2.25. The van der Waals surface area contributed by atoms with E-state index in [2.05, 4.69) is 25.7 Å². The number of pyridine rings is 1. The summed E-state index contributed by atoms with van der Waals surface area (Å²) in [4.78, 5) is 16.1. The van der Waals surface area contributed by atoms with Gasteiger partial charge in [0, 0.05) is 23.5 Å². The van der Waals surface area contributed by atoms with Crippen molar-refractivity contribution < 1.29 is 14.3 Å². The third kappa shape index (κ3) is 3.86. The van der Waals surface area contributed by atoms with Crippen molar-refractivity contribution in [2.24, 2.45) is 5.10 Å². The maximum absolute atomic E-state index is 12.1. The second-order valence-corrected chi connectivity index (χ2v) is 5.22. The molecule has 8 heteroatoms. The number of benzene rings is 1. The molecule has 2 heterocycles. The first-order chi connectivity index (χ1) is 12.7. The second kappa shape index (κ2) is 7.93. The van der Waals surface area contributed by atoms with Gasteiger partial charge in [-0.1, -0.05) is 6.07 Å². The summed E-state index contributed by atoms with van der Waals surface area (Å²) in [6.45, 7) is 0. The van der Waals surface area contributed by atoms with Crippen LogP contribution in [0.4, 0.5) is 0 Å². The summed E-state index contributed by atoms with van der Waals surface area (Å²) in [5, 5.41) is 10.8. The largest absolute Gasteiger partial charge is 0.493 e. The number of amides is 1. The van der Waals surface area contributed by atoms with E-state index >= 15 is 0 Å². The van der Waals surface area contributed by atoms with E-state index in [4.69, 9.17) is 9.47 Å². The van der Waals surface area contributed by atoms with Crippen molar-refractivity contribution in [3.8, 4) is 22.8 Å². The van der Waals surface area contributed by atoms with Crippen LogP contribution in [0, 0.1) is 0 Å². The molecular weight excluding hydrogens is 334 g/mol. The second-order valence-electron chi connectivity index (χ2n) is 5.22. The molecule has 0 unspecified atom stereocenters. The zero-order chi connectivity index (χ0) is 18.4. The van der Waals surface area contributed by atoms with Gasteiger partial charge in [-0.2, -0.15) is 10.2 Å². The number of nitrogens with one attached hydrogen (secondary N) is 2.